The smallest absolute Gasteiger partial charge is 0.252 e. The van der Waals surface area contributed by atoms with Gasteiger partial charge in [-0.15, -0.1) is 0 Å². The standard InChI is InChI=1S/2C22H22F2N6O/c2*1-3-22-8-4-5-10-30(22)19-17(28(2)20(22)31)13-26-21(27-19)29-11-9-25-18(29)15-7-6-14(23)12-16(15)24/h2*6-7,9,11-13H,3-5,8,10H2,1-2H3/t2*22-/m10/s1. The fourth-order valence-corrected chi connectivity index (χ4v) is 9.50. The number of halogens is 4. The molecule has 0 radical (unpaired) electrons. The highest BCUT2D eigenvalue weighted by Gasteiger charge is 2.52. The van der Waals surface area contributed by atoms with Gasteiger partial charge in [0.2, 0.25) is 11.9 Å². The van der Waals surface area contributed by atoms with Crippen LogP contribution in [-0.4, -0.2) is 89.1 Å². The van der Waals surface area contributed by atoms with Crippen LogP contribution in [0.25, 0.3) is 34.7 Å². The van der Waals surface area contributed by atoms with Crippen molar-refractivity contribution in [3.05, 3.63) is 96.8 Å². The third kappa shape index (κ3) is 6.36. The number of carbonyl (C=O) groups is 2. The molecule has 4 aromatic heterocycles. The Bertz CT molecular complexity index is 2540. The molecular formula is C44H44F4N12O2. The van der Waals surface area contributed by atoms with E-state index in [1.807, 2.05) is 13.8 Å². The molecule has 2 amide bonds. The molecule has 2 atom stereocenters. The molecule has 0 spiro atoms. The van der Waals surface area contributed by atoms with Crippen LogP contribution < -0.4 is 19.6 Å². The maximum Gasteiger partial charge on any atom is 0.252 e. The van der Waals surface area contributed by atoms with E-state index in [-0.39, 0.29) is 34.6 Å². The Morgan fingerprint density at radius 3 is 1.40 bits per heavy atom. The second-order valence-corrected chi connectivity index (χ2v) is 16.0. The van der Waals surface area contributed by atoms with Crippen LogP contribution in [0.1, 0.15) is 65.2 Å². The first-order chi connectivity index (χ1) is 29.9. The Balaban J connectivity index is 0.000000158. The SMILES string of the molecule is CC[C@@]12CCCCN1c1nc(-n3ccnc3-c3ccc(F)cc3F)ncc1N(C)C2=O.CC[C@]12CCCCN1c1nc(-n3ccnc3-c3ccc(F)cc3F)ncc1N(C)C2=O. The molecule has 6 aromatic rings. The molecule has 0 unspecified atom stereocenters. The van der Waals surface area contributed by atoms with Crippen molar-refractivity contribution in [2.75, 3.05) is 46.8 Å². The van der Waals surface area contributed by atoms with Crippen molar-refractivity contribution in [3.63, 3.8) is 0 Å². The van der Waals surface area contributed by atoms with Crippen molar-refractivity contribution >= 4 is 34.8 Å². The van der Waals surface area contributed by atoms with Crippen LogP contribution in [0.3, 0.4) is 0 Å². The molecule has 4 aliphatic heterocycles. The monoisotopic (exact) mass is 848 g/mol. The zero-order valence-corrected chi connectivity index (χ0v) is 34.7. The van der Waals surface area contributed by atoms with E-state index >= 15 is 0 Å². The number of likely N-dealkylation sites (N-methyl/N-ethyl adjacent to an activating group) is 2. The molecule has 18 heteroatoms. The summed E-state index contributed by atoms with van der Waals surface area (Å²) in [5.41, 5.74) is 0.393. The second-order valence-electron chi connectivity index (χ2n) is 16.0. The molecular weight excluding hydrogens is 805 g/mol. The van der Waals surface area contributed by atoms with Crippen molar-refractivity contribution < 1.29 is 27.2 Å². The molecule has 320 valence electrons. The molecule has 2 aromatic carbocycles. The largest absolute Gasteiger partial charge is 0.340 e. The van der Waals surface area contributed by atoms with E-state index < -0.39 is 34.3 Å². The minimum atomic E-state index is -0.711. The summed E-state index contributed by atoms with van der Waals surface area (Å²) in [7, 11) is 3.51. The maximum absolute atomic E-state index is 14.4. The third-order valence-corrected chi connectivity index (χ3v) is 12.8. The predicted molar refractivity (Wildman–Crippen MR) is 224 cm³/mol. The number of benzene rings is 2. The van der Waals surface area contributed by atoms with Gasteiger partial charge in [0, 0.05) is 64.1 Å². The number of piperidine rings is 2. The summed E-state index contributed by atoms with van der Waals surface area (Å²) in [6.45, 7) is 5.53. The molecule has 0 aliphatic carbocycles. The zero-order chi connectivity index (χ0) is 43.5. The van der Waals surface area contributed by atoms with Crippen molar-refractivity contribution in [1.29, 1.82) is 0 Å². The van der Waals surface area contributed by atoms with Crippen LogP contribution in [0.2, 0.25) is 0 Å². The van der Waals surface area contributed by atoms with Crippen molar-refractivity contribution in [2.45, 2.75) is 76.3 Å². The number of amides is 2. The lowest BCUT2D eigenvalue weighted by molar-refractivity contribution is -0.125. The van der Waals surface area contributed by atoms with Gasteiger partial charge >= 0.3 is 0 Å². The number of imidazole rings is 2. The van der Waals surface area contributed by atoms with Crippen LogP contribution in [0.4, 0.5) is 40.6 Å². The third-order valence-electron chi connectivity index (χ3n) is 12.8. The van der Waals surface area contributed by atoms with Crippen LogP contribution in [0.15, 0.2) is 73.6 Å². The summed E-state index contributed by atoms with van der Waals surface area (Å²) in [4.78, 5) is 60.9. The summed E-state index contributed by atoms with van der Waals surface area (Å²) in [6.07, 6.45) is 16.4. The van der Waals surface area contributed by atoms with E-state index in [9.17, 15) is 27.2 Å². The summed E-state index contributed by atoms with van der Waals surface area (Å²) in [6, 6.07) is 6.73. The molecule has 0 saturated carbocycles. The number of rotatable bonds is 6. The van der Waals surface area contributed by atoms with Crippen LogP contribution >= 0.6 is 0 Å². The van der Waals surface area contributed by atoms with Gasteiger partial charge in [-0.2, -0.15) is 9.97 Å². The molecule has 0 bridgehead atoms. The Morgan fingerprint density at radius 1 is 0.597 bits per heavy atom. The first-order valence-corrected chi connectivity index (χ1v) is 20.8. The van der Waals surface area contributed by atoms with Crippen LogP contribution in [-0.2, 0) is 9.59 Å². The van der Waals surface area contributed by atoms with Crippen LogP contribution in [0.5, 0.6) is 0 Å². The average molecular weight is 849 g/mol. The minimum Gasteiger partial charge on any atom is -0.340 e. The minimum absolute atomic E-state index is 0.0650. The maximum atomic E-state index is 14.4. The molecule has 10 rings (SSSR count). The first-order valence-electron chi connectivity index (χ1n) is 20.8. The number of anilines is 4. The predicted octanol–water partition coefficient (Wildman–Crippen LogP) is 7.45. The molecule has 2 fully saturated rings. The lowest BCUT2D eigenvalue weighted by atomic mass is 9.81. The summed E-state index contributed by atoms with van der Waals surface area (Å²) in [5, 5.41) is 0. The Morgan fingerprint density at radius 2 is 1.02 bits per heavy atom. The summed E-state index contributed by atoms with van der Waals surface area (Å²) in [5.74, 6) is -0.0474. The first kappa shape index (κ1) is 40.7. The molecule has 4 aliphatic rings. The van der Waals surface area contributed by atoms with E-state index in [4.69, 9.17) is 9.97 Å². The van der Waals surface area contributed by atoms with Gasteiger partial charge in [-0.1, -0.05) is 13.8 Å². The van der Waals surface area contributed by atoms with Crippen molar-refractivity contribution in [1.82, 2.24) is 39.0 Å². The summed E-state index contributed by atoms with van der Waals surface area (Å²) >= 11 is 0. The quantitative estimate of drug-likeness (QED) is 0.156. The van der Waals surface area contributed by atoms with Gasteiger partial charge in [-0.25, -0.2) is 37.5 Å². The number of hydrogen-bond donors (Lipinski definition) is 0. The molecule has 0 N–H and O–H groups in total. The molecule has 2 saturated heterocycles. The lowest BCUT2D eigenvalue weighted by Gasteiger charge is -2.51. The summed E-state index contributed by atoms with van der Waals surface area (Å²) < 4.78 is 58.7. The van der Waals surface area contributed by atoms with Gasteiger partial charge in [-0.3, -0.25) is 18.7 Å². The van der Waals surface area contributed by atoms with Gasteiger partial charge < -0.3 is 19.6 Å². The van der Waals surface area contributed by atoms with E-state index in [1.54, 1.807) is 57.8 Å². The zero-order valence-electron chi connectivity index (χ0n) is 34.7. The highest BCUT2D eigenvalue weighted by Crippen LogP contribution is 2.46. The number of hydrogen-bond acceptors (Lipinski definition) is 10. The lowest BCUT2D eigenvalue weighted by Crippen LogP contribution is -2.64. The Labute approximate surface area is 354 Å². The van der Waals surface area contributed by atoms with Crippen molar-refractivity contribution in [2.24, 2.45) is 0 Å². The number of nitrogens with zero attached hydrogens (tertiary/aromatic N) is 12. The Kier molecular flexibility index (Phi) is 10.3. The Hall–Kier alpha value is -6.72. The second kappa shape index (κ2) is 15.6. The van der Waals surface area contributed by atoms with Gasteiger partial charge in [0.15, 0.2) is 11.6 Å². The fraction of sp³-hybridized carbons (Fsp3) is 0.364. The van der Waals surface area contributed by atoms with Gasteiger partial charge in [0.25, 0.3) is 11.8 Å². The van der Waals surface area contributed by atoms with Crippen molar-refractivity contribution in [3.8, 4) is 34.7 Å². The van der Waals surface area contributed by atoms with E-state index in [0.717, 1.165) is 63.7 Å². The topological polar surface area (TPSA) is 134 Å². The number of aromatic nitrogens is 8. The highest BCUT2D eigenvalue weighted by molar-refractivity contribution is 6.08. The normalized spacial score (nSPS) is 20.6. The average Bonchev–Trinajstić information content (AvgIpc) is 3.98. The van der Waals surface area contributed by atoms with E-state index in [2.05, 4.69) is 29.7 Å². The van der Waals surface area contributed by atoms with E-state index in [0.29, 0.717) is 47.7 Å². The van der Waals surface area contributed by atoms with Gasteiger partial charge in [0.1, 0.15) is 57.4 Å². The molecule has 14 nitrogen and oxygen atoms in total. The fourth-order valence-electron chi connectivity index (χ4n) is 9.50. The van der Waals surface area contributed by atoms with Gasteiger partial charge in [-0.05, 0) is 75.6 Å². The van der Waals surface area contributed by atoms with E-state index in [1.165, 1.54) is 36.7 Å². The van der Waals surface area contributed by atoms with Crippen LogP contribution in [0, 0.1) is 23.3 Å². The number of fused-ring (bicyclic) bond motifs is 6. The molecule has 8 heterocycles. The molecule has 62 heavy (non-hydrogen) atoms. The number of carbonyl (C=O) groups excluding carboxylic acids is 2. The van der Waals surface area contributed by atoms with Gasteiger partial charge in [0.05, 0.1) is 23.5 Å². The highest BCUT2D eigenvalue weighted by atomic mass is 19.1.